The third-order valence-electron chi connectivity index (χ3n) is 3.20. The van der Waals surface area contributed by atoms with Crippen LogP contribution in [0.2, 0.25) is 0 Å². The zero-order valence-corrected chi connectivity index (χ0v) is 12.1. The fourth-order valence-electron chi connectivity index (χ4n) is 2.11. The molecule has 0 bridgehead atoms. The first kappa shape index (κ1) is 15.4. The topological polar surface area (TPSA) is 105 Å². The van der Waals surface area contributed by atoms with Crippen molar-refractivity contribution in [2.75, 3.05) is 22.9 Å². The molecule has 6 heteroatoms. The second-order valence-corrected chi connectivity index (χ2v) is 4.76. The Bertz CT molecular complexity index is 700. The van der Waals surface area contributed by atoms with Crippen molar-refractivity contribution < 1.29 is 9.90 Å². The lowest BCUT2D eigenvalue weighted by Gasteiger charge is -2.18. The molecule has 1 heterocycles. The Hall–Kier alpha value is -3.02. The first-order valence-electron chi connectivity index (χ1n) is 6.75. The summed E-state index contributed by atoms with van der Waals surface area (Å²) in [5.41, 5.74) is 14.3. The molecule has 1 aromatic carbocycles. The Morgan fingerprint density at radius 2 is 2.09 bits per heavy atom. The Morgan fingerprint density at radius 3 is 2.73 bits per heavy atom. The molecule has 114 valence electrons. The largest absolute Gasteiger partial charge is 0.465 e. The van der Waals surface area contributed by atoms with E-state index in [0.717, 1.165) is 11.1 Å². The summed E-state index contributed by atoms with van der Waals surface area (Å²) in [5, 5.41) is 9.32. The molecular weight excluding hydrogens is 280 g/mol. The summed E-state index contributed by atoms with van der Waals surface area (Å²) < 4.78 is 0. The summed E-state index contributed by atoms with van der Waals surface area (Å²) in [6.07, 6.45) is 2.71. The summed E-state index contributed by atoms with van der Waals surface area (Å²) in [5.74, 6) is 0.350. The molecule has 0 aliphatic heterocycles. The van der Waals surface area contributed by atoms with E-state index in [1.807, 2.05) is 0 Å². The number of nitrogens with two attached hydrogens (primary N) is 2. The van der Waals surface area contributed by atoms with Gasteiger partial charge in [-0.15, -0.1) is 6.58 Å². The van der Waals surface area contributed by atoms with Crippen LogP contribution >= 0.6 is 0 Å². The van der Waals surface area contributed by atoms with Crippen LogP contribution in [0.4, 0.5) is 22.0 Å². The van der Waals surface area contributed by atoms with Gasteiger partial charge in [0.25, 0.3) is 0 Å². The van der Waals surface area contributed by atoms with Gasteiger partial charge in [-0.1, -0.05) is 12.1 Å². The lowest BCUT2D eigenvalue weighted by molar-refractivity contribution is 0.201. The van der Waals surface area contributed by atoms with Crippen LogP contribution in [-0.2, 0) is 0 Å². The van der Waals surface area contributed by atoms with Gasteiger partial charge in [0.2, 0.25) is 0 Å². The van der Waals surface area contributed by atoms with E-state index in [1.165, 1.54) is 4.90 Å². The molecule has 1 aromatic heterocycles. The van der Waals surface area contributed by atoms with Gasteiger partial charge in [0.05, 0.1) is 0 Å². The lowest BCUT2D eigenvalue weighted by Crippen LogP contribution is -2.30. The SMILES string of the molecule is C=CCCN(C(=O)O)c1cc(-c2ccc(N)cc2N)ccn1. The zero-order valence-electron chi connectivity index (χ0n) is 12.1. The molecule has 0 saturated heterocycles. The number of nitrogen functional groups attached to an aromatic ring is 2. The van der Waals surface area contributed by atoms with Crippen molar-refractivity contribution in [2.24, 2.45) is 0 Å². The van der Waals surface area contributed by atoms with E-state index >= 15 is 0 Å². The fraction of sp³-hybridized carbons (Fsp3) is 0.125. The van der Waals surface area contributed by atoms with Gasteiger partial charge < -0.3 is 16.6 Å². The normalized spacial score (nSPS) is 10.2. The van der Waals surface area contributed by atoms with Crippen molar-refractivity contribution in [2.45, 2.75) is 6.42 Å². The summed E-state index contributed by atoms with van der Waals surface area (Å²) >= 11 is 0. The number of rotatable bonds is 5. The molecule has 0 aliphatic rings. The first-order chi connectivity index (χ1) is 10.5. The smallest absolute Gasteiger partial charge is 0.413 e. The average Bonchev–Trinajstić information content (AvgIpc) is 2.47. The molecule has 0 saturated carbocycles. The zero-order chi connectivity index (χ0) is 16.1. The predicted octanol–water partition coefficient (Wildman–Crippen LogP) is 2.97. The van der Waals surface area contributed by atoms with Crippen LogP contribution in [0, 0.1) is 0 Å². The van der Waals surface area contributed by atoms with Gasteiger partial charge in [-0.2, -0.15) is 0 Å². The third kappa shape index (κ3) is 3.35. The van der Waals surface area contributed by atoms with Crippen molar-refractivity contribution in [1.29, 1.82) is 0 Å². The standard InChI is InChI=1S/C16H18N4O2/c1-2-3-8-20(16(21)22)15-9-11(6-7-19-15)13-5-4-12(17)10-14(13)18/h2,4-7,9-10H,1,3,8,17-18H2,(H,21,22). The summed E-state index contributed by atoms with van der Waals surface area (Å²) in [6, 6.07) is 8.69. The maximum absolute atomic E-state index is 11.4. The van der Waals surface area contributed by atoms with Crippen molar-refractivity contribution in [3.05, 3.63) is 49.2 Å². The number of carbonyl (C=O) groups is 1. The van der Waals surface area contributed by atoms with E-state index in [-0.39, 0.29) is 0 Å². The molecule has 0 spiro atoms. The van der Waals surface area contributed by atoms with Gasteiger partial charge in [0.15, 0.2) is 0 Å². The predicted molar refractivity (Wildman–Crippen MR) is 88.7 cm³/mol. The van der Waals surface area contributed by atoms with Gasteiger partial charge in [-0.3, -0.25) is 4.90 Å². The highest BCUT2D eigenvalue weighted by Gasteiger charge is 2.15. The first-order valence-corrected chi connectivity index (χ1v) is 6.75. The molecule has 0 aliphatic carbocycles. The van der Waals surface area contributed by atoms with Crippen LogP contribution in [0.3, 0.4) is 0 Å². The Kier molecular flexibility index (Phi) is 4.63. The fourth-order valence-corrected chi connectivity index (χ4v) is 2.11. The minimum absolute atomic E-state index is 0.298. The molecule has 22 heavy (non-hydrogen) atoms. The highest BCUT2D eigenvalue weighted by molar-refractivity contribution is 5.87. The number of benzene rings is 1. The molecule has 0 atom stereocenters. The van der Waals surface area contributed by atoms with Crippen LogP contribution < -0.4 is 16.4 Å². The minimum atomic E-state index is -1.06. The van der Waals surface area contributed by atoms with Crippen LogP contribution in [0.1, 0.15) is 6.42 Å². The quantitative estimate of drug-likeness (QED) is 0.581. The van der Waals surface area contributed by atoms with Gasteiger partial charge in [0, 0.05) is 29.7 Å². The number of pyridine rings is 1. The number of carboxylic acid groups (broad SMARTS) is 1. The van der Waals surface area contributed by atoms with Crippen LogP contribution in [0.25, 0.3) is 11.1 Å². The maximum Gasteiger partial charge on any atom is 0.413 e. The number of nitrogens with zero attached hydrogens (tertiary/aromatic N) is 2. The van der Waals surface area contributed by atoms with Crippen LogP contribution in [0.15, 0.2) is 49.2 Å². The second-order valence-electron chi connectivity index (χ2n) is 4.76. The van der Waals surface area contributed by atoms with Crippen molar-refractivity contribution >= 4 is 23.3 Å². The molecule has 0 unspecified atom stereocenters. The minimum Gasteiger partial charge on any atom is -0.465 e. The van der Waals surface area contributed by atoms with E-state index in [9.17, 15) is 9.90 Å². The van der Waals surface area contributed by atoms with Crippen molar-refractivity contribution in [3.63, 3.8) is 0 Å². The van der Waals surface area contributed by atoms with Gasteiger partial charge in [-0.25, -0.2) is 9.78 Å². The summed E-state index contributed by atoms with van der Waals surface area (Å²) in [6.45, 7) is 3.90. The van der Waals surface area contributed by atoms with E-state index in [4.69, 9.17) is 11.5 Å². The van der Waals surface area contributed by atoms with E-state index < -0.39 is 6.09 Å². The number of hydrogen-bond donors (Lipinski definition) is 3. The second kappa shape index (κ2) is 6.62. The van der Waals surface area contributed by atoms with Gasteiger partial charge in [0.1, 0.15) is 5.82 Å². The number of aromatic nitrogens is 1. The number of hydrogen-bond acceptors (Lipinski definition) is 4. The molecule has 2 aromatic rings. The molecule has 1 amide bonds. The summed E-state index contributed by atoms with van der Waals surface area (Å²) in [7, 11) is 0. The molecule has 0 radical (unpaired) electrons. The molecule has 5 N–H and O–H groups in total. The number of amides is 1. The Morgan fingerprint density at radius 1 is 1.32 bits per heavy atom. The third-order valence-corrected chi connectivity index (χ3v) is 3.20. The van der Waals surface area contributed by atoms with E-state index in [1.54, 1.807) is 42.6 Å². The molecule has 6 nitrogen and oxygen atoms in total. The monoisotopic (exact) mass is 298 g/mol. The van der Waals surface area contributed by atoms with E-state index in [2.05, 4.69) is 11.6 Å². The Labute approximate surface area is 128 Å². The van der Waals surface area contributed by atoms with E-state index in [0.29, 0.717) is 30.2 Å². The number of anilines is 3. The maximum atomic E-state index is 11.4. The highest BCUT2D eigenvalue weighted by Crippen LogP contribution is 2.29. The summed E-state index contributed by atoms with van der Waals surface area (Å²) in [4.78, 5) is 16.7. The van der Waals surface area contributed by atoms with Gasteiger partial charge >= 0.3 is 6.09 Å². The Balaban J connectivity index is 2.40. The van der Waals surface area contributed by atoms with Crippen LogP contribution in [-0.4, -0.2) is 22.7 Å². The molecule has 2 rings (SSSR count). The van der Waals surface area contributed by atoms with Crippen molar-refractivity contribution in [1.82, 2.24) is 4.98 Å². The molecule has 0 fully saturated rings. The lowest BCUT2D eigenvalue weighted by atomic mass is 10.0. The van der Waals surface area contributed by atoms with Crippen LogP contribution in [0.5, 0.6) is 0 Å². The average molecular weight is 298 g/mol. The van der Waals surface area contributed by atoms with Gasteiger partial charge in [-0.05, 0) is 36.2 Å². The molecular formula is C16H18N4O2. The van der Waals surface area contributed by atoms with Crippen molar-refractivity contribution in [3.8, 4) is 11.1 Å². The highest BCUT2D eigenvalue weighted by atomic mass is 16.4.